The number of amides is 1. The molecule has 2 atom stereocenters. The average Bonchev–Trinajstić information content (AvgIpc) is 2.33. The second-order valence-electron chi connectivity index (χ2n) is 2.99. The first kappa shape index (κ1) is 11.2. The van der Waals surface area contributed by atoms with E-state index in [1.54, 1.807) is 6.92 Å². The summed E-state index contributed by atoms with van der Waals surface area (Å²) in [6.07, 6.45) is -0.474. The predicted octanol–water partition coefficient (Wildman–Crippen LogP) is -0.567. The molecule has 1 aliphatic rings. The maximum Gasteiger partial charge on any atom is 0.407 e. The van der Waals surface area contributed by atoms with Crippen LogP contribution in [0.4, 0.5) is 4.79 Å². The van der Waals surface area contributed by atoms with E-state index in [1.165, 1.54) is 0 Å². The molecule has 0 aliphatic carbocycles. The number of ether oxygens (including phenoxy) is 3. The van der Waals surface area contributed by atoms with Gasteiger partial charge in [0.15, 0.2) is 0 Å². The molecule has 1 fully saturated rings. The van der Waals surface area contributed by atoms with Gasteiger partial charge in [0.05, 0.1) is 31.9 Å². The van der Waals surface area contributed by atoms with Gasteiger partial charge >= 0.3 is 6.09 Å². The van der Waals surface area contributed by atoms with Gasteiger partial charge in [0.25, 0.3) is 0 Å². The first-order valence-corrected chi connectivity index (χ1v) is 4.58. The Kier molecular flexibility index (Phi) is 4.64. The molecule has 0 saturated carbocycles. The molecule has 1 saturated heterocycles. The Morgan fingerprint density at radius 3 is 3.00 bits per heavy atom. The van der Waals surface area contributed by atoms with Gasteiger partial charge in [-0.15, -0.1) is 0 Å². The van der Waals surface area contributed by atoms with Gasteiger partial charge in [-0.3, -0.25) is 0 Å². The van der Waals surface area contributed by atoms with Crippen molar-refractivity contribution in [1.29, 1.82) is 0 Å². The van der Waals surface area contributed by atoms with Crippen molar-refractivity contribution in [2.45, 2.75) is 19.0 Å². The van der Waals surface area contributed by atoms with E-state index >= 15 is 0 Å². The molecule has 1 heterocycles. The molecule has 14 heavy (non-hydrogen) atoms. The van der Waals surface area contributed by atoms with Crippen LogP contribution in [0.1, 0.15) is 6.92 Å². The molecule has 82 valence electrons. The van der Waals surface area contributed by atoms with Gasteiger partial charge in [0, 0.05) is 0 Å². The molecule has 3 N–H and O–H groups in total. The normalized spacial score (nSPS) is 27.9. The monoisotopic (exact) mass is 204 g/mol. The van der Waals surface area contributed by atoms with Crippen molar-refractivity contribution >= 4 is 6.09 Å². The third-order valence-electron chi connectivity index (χ3n) is 1.87. The first-order chi connectivity index (χ1) is 6.74. The van der Waals surface area contributed by atoms with Gasteiger partial charge in [0.2, 0.25) is 0 Å². The standard InChI is InChI=1S/C8H16N2O4/c1-2-14-8(11)10-7-4-13-5-12-3-6(7)9/h6-7H,2-5,9H2,1H3,(H,10,11). The third kappa shape index (κ3) is 3.49. The SMILES string of the molecule is CCOC(=O)NC1COCOCC1N. The van der Waals surface area contributed by atoms with Crippen LogP contribution in [0.3, 0.4) is 0 Å². The Morgan fingerprint density at radius 2 is 2.29 bits per heavy atom. The van der Waals surface area contributed by atoms with Crippen LogP contribution < -0.4 is 11.1 Å². The molecular formula is C8H16N2O4. The Balaban J connectivity index is 2.36. The number of hydrogen-bond donors (Lipinski definition) is 2. The van der Waals surface area contributed by atoms with Crippen molar-refractivity contribution in [3.8, 4) is 0 Å². The Labute approximate surface area is 82.7 Å². The number of rotatable bonds is 2. The molecule has 2 unspecified atom stereocenters. The lowest BCUT2D eigenvalue weighted by molar-refractivity contribution is -0.0345. The highest BCUT2D eigenvalue weighted by Crippen LogP contribution is 2.00. The number of carbonyl (C=O) groups excluding carboxylic acids is 1. The van der Waals surface area contributed by atoms with Crippen LogP contribution in [0, 0.1) is 0 Å². The van der Waals surface area contributed by atoms with Gasteiger partial charge in [-0.25, -0.2) is 4.79 Å². The predicted molar refractivity (Wildman–Crippen MR) is 48.7 cm³/mol. The van der Waals surface area contributed by atoms with Crippen molar-refractivity contribution in [2.75, 3.05) is 26.6 Å². The van der Waals surface area contributed by atoms with Gasteiger partial charge in [-0.2, -0.15) is 0 Å². The van der Waals surface area contributed by atoms with E-state index in [9.17, 15) is 4.79 Å². The second-order valence-corrected chi connectivity index (χ2v) is 2.99. The van der Waals surface area contributed by atoms with Crippen LogP contribution in [0.25, 0.3) is 0 Å². The van der Waals surface area contributed by atoms with Crippen molar-refractivity contribution in [2.24, 2.45) is 5.73 Å². The summed E-state index contributed by atoms with van der Waals surface area (Å²) in [5.41, 5.74) is 5.75. The fourth-order valence-corrected chi connectivity index (χ4v) is 1.13. The van der Waals surface area contributed by atoms with E-state index in [0.717, 1.165) is 0 Å². The highest BCUT2D eigenvalue weighted by molar-refractivity contribution is 5.67. The quantitative estimate of drug-likeness (QED) is 0.629. The summed E-state index contributed by atoms with van der Waals surface area (Å²) in [4.78, 5) is 11.1. The lowest BCUT2D eigenvalue weighted by Crippen LogP contribution is -2.51. The minimum Gasteiger partial charge on any atom is -0.450 e. The van der Waals surface area contributed by atoms with Crippen molar-refractivity contribution in [3.05, 3.63) is 0 Å². The molecular weight excluding hydrogens is 188 g/mol. The van der Waals surface area contributed by atoms with Crippen molar-refractivity contribution < 1.29 is 19.0 Å². The lowest BCUT2D eigenvalue weighted by atomic mass is 10.1. The zero-order valence-electron chi connectivity index (χ0n) is 8.19. The van der Waals surface area contributed by atoms with Gasteiger partial charge < -0.3 is 25.3 Å². The zero-order valence-corrected chi connectivity index (χ0v) is 8.19. The summed E-state index contributed by atoms with van der Waals surface area (Å²) in [6, 6.07) is -0.515. The molecule has 1 aliphatic heterocycles. The fraction of sp³-hybridized carbons (Fsp3) is 0.875. The Morgan fingerprint density at radius 1 is 1.57 bits per heavy atom. The van der Waals surface area contributed by atoms with Crippen molar-refractivity contribution in [3.63, 3.8) is 0 Å². The van der Waals surface area contributed by atoms with Crippen LogP contribution in [0.5, 0.6) is 0 Å². The minimum atomic E-state index is -0.474. The molecule has 6 nitrogen and oxygen atoms in total. The zero-order chi connectivity index (χ0) is 10.4. The second kappa shape index (κ2) is 5.79. The van der Waals surface area contributed by atoms with E-state index in [4.69, 9.17) is 19.9 Å². The van der Waals surface area contributed by atoms with Gasteiger partial charge in [0.1, 0.15) is 6.79 Å². The Hall–Kier alpha value is -0.850. The molecule has 6 heteroatoms. The van der Waals surface area contributed by atoms with Gasteiger partial charge in [-0.05, 0) is 6.92 Å². The summed E-state index contributed by atoms with van der Waals surface area (Å²) in [7, 11) is 0. The Bertz CT molecular complexity index is 188. The molecule has 0 spiro atoms. The number of nitrogens with two attached hydrogens (primary N) is 1. The summed E-state index contributed by atoms with van der Waals surface area (Å²) in [5, 5.41) is 2.62. The third-order valence-corrected chi connectivity index (χ3v) is 1.87. The van der Waals surface area contributed by atoms with E-state index in [-0.39, 0.29) is 18.9 Å². The molecule has 0 aromatic carbocycles. The largest absolute Gasteiger partial charge is 0.450 e. The number of hydrogen-bond acceptors (Lipinski definition) is 5. The van der Waals surface area contributed by atoms with E-state index < -0.39 is 6.09 Å². The molecule has 1 rings (SSSR count). The number of alkyl carbamates (subject to hydrolysis) is 1. The fourth-order valence-electron chi connectivity index (χ4n) is 1.13. The van der Waals surface area contributed by atoms with Crippen LogP contribution in [-0.2, 0) is 14.2 Å². The summed E-state index contributed by atoms with van der Waals surface area (Å²) < 4.78 is 14.9. The first-order valence-electron chi connectivity index (χ1n) is 4.58. The van der Waals surface area contributed by atoms with Crippen LogP contribution >= 0.6 is 0 Å². The average molecular weight is 204 g/mol. The number of carbonyl (C=O) groups is 1. The molecule has 0 aromatic rings. The van der Waals surface area contributed by atoms with Crippen LogP contribution in [0.2, 0.25) is 0 Å². The molecule has 1 amide bonds. The van der Waals surface area contributed by atoms with Crippen LogP contribution in [0.15, 0.2) is 0 Å². The summed E-state index contributed by atoms with van der Waals surface area (Å²) >= 11 is 0. The van der Waals surface area contributed by atoms with Gasteiger partial charge in [-0.1, -0.05) is 0 Å². The minimum absolute atomic E-state index is 0.217. The van der Waals surface area contributed by atoms with E-state index in [0.29, 0.717) is 19.8 Å². The van der Waals surface area contributed by atoms with Crippen molar-refractivity contribution in [1.82, 2.24) is 5.32 Å². The smallest absolute Gasteiger partial charge is 0.407 e. The van der Waals surface area contributed by atoms with Crippen LogP contribution in [-0.4, -0.2) is 44.8 Å². The highest BCUT2D eigenvalue weighted by atomic mass is 16.7. The maximum absolute atomic E-state index is 11.1. The topological polar surface area (TPSA) is 82.8 Å². The number of nitrogens with one attached hydrogen (secondary N) is 1. The van der Waals surface area contributed by atoms with E-state index in [1.807, 2.05) is 0 Å². The highest BCUT2D eigenvalue weighted by Gasteiger charge is 2.23. The molecule has 0 aromatic heterocycles. The lowest BCUT2D eigenvalue weighted by Gasteiger charge is -2.20. The maximum atomic E-state index is 11.1. The molecule has 0 bridgehead atoms. The summed E-state index contributed by atoms with van der Waals surface area (Å²) in [5.74, 6) is 0. The molecule has 0 radical (unpaired) electrons. The summed E-state index contributed by atoms with van der Waals surface area (Å²) in [6.45, 7) is 3.02. The van der Waals surface area contributed by atoms with E-state index in [2.05, 4.69) is 5.32 Å².